The molecular formula is C11H13ClN2O4. The molecule has 0 aliphatic rings. The van der Waals surface area contributed by atoms with Gasteiger partial charge >= 0.3 is 0 Å². The molecule has 1 rings (SSSR count). The molecule has 0 saturated heterocycles. The Morgan fingerprint density at radius 2 is 2.22 bits per heavy atom. The van der Waals surface area contributed by atoms with E-state index in [4.69, 9.17) is 16.3 Å². The number of halogens is 1. The number of anilines is 1. The Bertz CT molecular complexity index is 451. The number of ether oxygens (including phenoxy) is 1. The molecule has 0 heterocycles. The molecule has 0 aromatic heterocycles. The van der Waals surface area contributed by atoms with Gasteiger partial charge in [-0.2, -0.15) is 0 Å². The van der Waals surface area contributed by atoms with E-state index in [0.29, 0.717) is 23.7 Å². The Kier molecular flexibility index (Phi) is 5.38. The molecule has 0 bridgehead atoms. The van der Waals surface area contributed by atoms with Gasteiger partial charge in [-0.15, -0.1) is 11.6 Å². The average Bonchev–Trinajstić information content (AvgIpc) is 2.35. The Labute approximate surface area is 109 Å². The SMILES string of the molecule is COc1cc(NC(=O)CCCCl)cc([N+](=O)[O-])c1. The highest BCUT2D eigenvalue weighted by Crippen LogP contribution is 2.25. The van der Waals surface area contributed by atoms with E-state index in [9.17, 15) is 14.9 Å². The predicted molar refractivity (Wildman–Crippen MR) is 68.2 cm³/mol. The predicted octanol–water partition coefficient (Wildman–Crippen LogP) is 2.56. The van der Waals surface area contributed by atoms with Gasteiger partial charge in [0, 0.05) is 24.4 Å². The highest BCUT2D eigenvalue weighted by atomic mass is 35.5. The van der Waals surface area contributed by atoms with Gasteiger partial charge < -0.3 is 10.1 Å². The molecule has 0 aliphatic carbocycles. The number of carbonyl (C=O) groups is 1. The van der Waals surface area contributed by atoms with Crippen LogP contribution in [0, 0.1) is 10.1 Å². The Hall–Kier alpha value is -1.82. The van der Waals surface area contributed by atoms with Gasteiger partial charge in [-0.1, -0.05) is 0 Å². The van der Waals surface area contributed by atoms with E-state index >= 15 is 0 Å². The maximum Gasteiger partial charge on any atom is 0.275 e. The molecule has 0 fully saturated rings. The third-order valence-electron chi connectivity index (χ3n) is 2.16. The van der Waals surface area contributed by atoms with Crippen molar-refractivity contribution in [2.75, 3.05) is 18.3 Å². The van der Waals surface area contributed by atoms with Gasteiger partial charge in [-0.25, -0.2) is 0 Å². The zero-order valence-electron chi connectivity index (χ0n) is 9.81. The number of methoxy groups -OCH3 is 1. The Balaban J connectivity index is 2.84. The third kappa shape index (κ3) is 4.21. The summed E-state index contributed by atoms with van der Waals surface area (Å²) in [5.74, 6) is 0.473. The summed E-state index contributed by atoms with van der Waals surface area (Å²) in [5, 5.41) is 13.3. The minimum absolute atomic E-state index is 0.137. The van der Waals surface area contributed by atoms with Crippen molar-refractivity contribution >= 4 is 28.9 Å². The number of rotatable bonds is 6. The zero-order chi connectivity index (χ0) is 13.5. The first-order valence-electron chi connectivity index (χ1n) is 5.26. The summed E-state index contributed by atoms with van der Waals surface area (Å²) in [5.41, 5.74) is 0.197. The quantitative estimate of drug-likeness (QED) is 0.490. The van der Waals surface area contributed by atoms with Crippen LogP contribution in [0.5, 0.6) is 5.75 Å². The molecule has 0 aliphatic heterocycles. The number of hydrogen-bond acceptors (Lipinski definition) is 4. The number of nitrogens with one attached hydrogen (secondary N) is 1. The van der Waals surface area contributed by atoms with E-state index in [-0.39, 0.29) is 18.0 Å². The van der Waals surface area contributed by atoms with Crippen molar-refractivity contribution in [1.29, 1.82) is 0 Å². The fourth-order valence-corrected chi connectivity index (χ4v) is 1.46. The monoisotopic (exact) mass is 272 g/mol. The lowest BCUT2D eigenvalue weighted by atomic mass is 10.2. The van der Waals surface area contributed by atoms with Crippen LogP contribution in [-0.2, 0) is 4.79 Å². The van der Waals surface area contributed by atoms with Crippen LogP contribution in [0.2, 0.25) is 0 Å². The van der Waals surface area contributed by atoms with E-state index in [1.165, 1.54) is 25.3 Å². The normalized spacial score (nSPS) is 9.89. The molecule has 0 spiro atoms. The number of non-ortho nitro benzene ring substituents is 1. The van der Waals surface area contributed by atoms with Gasteiger partial charge in [0.1, 0.15) is 5.75 Å². The van der Waals surface area contributed by atoms with Crippen molar-refractivity contribution < 1.29 is 14.5 Å². The molecule has 6 nitrogen and oxygen atoms in total. The number of hydrogen-bond donors (Lipinski definition) is 1. The summed E-state index contributed by atoms with van der Waals surface area (Å²) in [7, 11) is 1.40. The maximum atomic E-state index is 11.5. The molecule has 1 aromatic carbocycles. The highest BCUT2D eigenvalue weighted by Gasteiger charge is 2.11. The second kappa shape index (κ2) is 6.80. The number of amides is 1. The summed E-state index contributed by atoms with van der Waals surface area (Å²) in [4.78, 5) is 21.6. The first kappa shape index (κ1) is 14.2. The van der Waals surface area contributed by atoms with Gasteiger partial charge in [0.25, 0.3) is 5.69 Å². The van der Waals surface area contributed by atoms with Gasteiger partial charge in [-0.05, 0) is 6.42 Å². The van der Waals surface area contributed by atoms with Crippen molar-refractivity contribution in [3.8, 4) is 5.75 Å². The molecule has 0 saturated carbocycles. The minimum atomic E-state index is -0.545. The molecule has 1 aromatic rings. The summed E-state index contributed by atoms with van der Waals surface area (Å²) >= 11 is 5.47. The van der Waals surface area contributed by atoms with Crippen LogP contribution >= 0.6 is 11.6 Å². The van der Waals surface area contributed by atoms with E-state index in [1.54, 1.807) is 0 Å². The largest absolute Gasteiger partial charge is 0.496 e. The minimum Gasteiger partial charge on any atom is -0.496 e. The smallest absolute Gasteiger partial charge is 0.275 e. The number of carbonyl (C=O) groups excluding carboxylic acids is 1. The molecule has 1 amide bonds. The fourth-order valence-electron chi connectivity index (χ4n) is 1.33. The lowest BCUT2D eigenvalue weighted by Gasteiger charge is -2.06. The van der Waals surface area contributed by atoms with Gasteiger partial charge in [0.05, 0.1) is 23.8 Å². The van der Waals surface area contributed by atoms with Crippen molar-refractivity contribution in [2.24, 2.45) is 0 Å². The molecule has 0 radical (unpaired) electrons. The molecule has 1 N–H and O–H groups in total. The van der Waals surface area contributed by atoms with Crippen molar-refractivity contribution in [1.82, 2.24) is 0 Å². The van der Waals surface area contributed by atoms with E-state index < -0.39 is 4.92 Å². The molecule has 7 heteroatoms. The molecule has 0 unspecified atom stereocenters. The first-order valence-corrected chi connectivity index (χ1v) is 5.79. The second-order valence-electron chi connectivity index (χ2n) is 3.52. The Morgan fingerprint density at radius 1 is 1.50 bits per heavy atom. The number of benzene rings is 1. The van der Waals surface area contributed by atoms with Gasteiger partial charge in [0.2, 0.25) is 5.91 Å². The average molecular weight is 273 g/mol. The zero-order valence-corrected chi connectivity index (χ0v) is 10.6. The van der Waals surface area contributed by atoms with E-state index in [0.717, 1.165) is 0 Å². The van der Waals surface area contributed by atoms with Crippen LogP contribution in [-0.4, -0.2) is 23.8 Å². The molecule has 18 heavy (non-hydrogen) atoms. The van der Waals surface area contributed by atoms with Crippen LogP contribution in [0.15, 0.2) is 18.2 Å². The second-order valence-corrected chi connectivity index (χ2v) is 3.90. The summed E-state index contributed by atoms with van der Waals surface area (Å²) < 4.78 is 4.93. The van der Waals surface area contributed by atoms with Gasteiger partial charge in [0.15, 0.2) is 0 Å². The van der Waals surface area contributed by atoms with Crippen LogP contribution in [0.4, 0.5) is 11.4 Å². The molecular weight excluding hydrogens is 260 g/mol. The van der Waals surface area contributed by atoms with Crippen molar-refractivity contribution in [3.63, 3.8) is 0 Å². The highest BCUT2D eigenvalue weighted by molar-refractivity contribution is 6.18. The summed E-state index contributed by atoms with van der Waals surface area (Å²) in [6.45, 7) is 0. The van der Waals surface area contributed by atoms with Crippen LogP contribution < -0.4 is 10.1 Å². The van der Waals surface area contributed by atoms with Crippen molar-refractivity contribution in [3.05, 3.63) is 28.3 Å². The van der Waals surface area contributed by atoms with E-state index in [2.05, 4.69) is 5.32 Å². The van der Waals surface area contributed by atoms with Crippen molar-refractivity contribution in [2.45, 2.75) is 12.8 Å². The standard InChI is InChI=1S/C11H13ClN2O4/c1-18-10-6-8(5-9(7-10)14(16)17)13-11(15)3-2-4-12/h5-7H,2-4H2,1H3,(H,13,15). The fraction of sp³-hybridized carbons (Fsp3) is 0.364. The number of alkyl halides is 1. The first-order chi connectivity index (χ1) is 8.56. The molecule has 98 valence electrons. The number of nitro benzene ring substituents is 1. The summed E-state index contributed by atoms with van der Waals surface area (Å²) in [6, 6.07) is 4.08. The number of nitrogens with zero attached hydrogens (tertiary/aromatic N) is 1. The maximum absolute atomic E-state index is 11.5. The molecule has 0 atom stereocenters. The lowest BCUT2D eigenvalue weighted by molar-refractivity contribution is -0.384. The topological polar surface area (TPSA) is 81.5 Å². The van der Waals surface area contributed by atoms with Crippen LogP contribution in [0.1, 0.15) is 12.8 Å². The Morgan fingerprint density at radius 3 is 2.78 bits per heavy atom. The lowest BCUT2D eigenvalue weighted by Crippen LogP contribution is -2.11. The van der Waals surface area contributed by atoms with Gasteiger partial charge in [-0.3, -0.25) is 14.9 Å². The summed E-state index contributed by atoms with van der Waals surface area (Å²) in [6.07, 6.45) is 0.827. The van der Waals surface area contributed by atoms with Crippen LogP contribution in [0.3, 0.4) is 0 Å². The number of nitro groups is 1. The van der Waals surface area contributed by atoms with E-state index in [1.807, 2.05) is 0 Å². The third-order valence-corrected chi connectivity index (χ3v) is 2.43. The van der Waals surface area contributed by atoms with Crippen LogP contribution in [0.25, 0.3) is 0 Å².